The van der Waals surface area contributed by atoms with Crippen LogP contribution in [0.2, 0.25) is 0 Å². The Kier molecular flexibility index (Phi) is 6.22. The molecule has 2 fully saturated rings. The van der Waals surface area contributed by atoms with Crippen molar-refractivity contribution in [3.63, 3.8) is 0 Å². The number of ether oxygens (including phenoxy) is 1. The molecule has 198 valence electrons. The molecule has 11 heteroatoms. The molecule has 0 saturated carbocycles. The number of hydrogen-bond acceptors (Lipinski definition) is 10. The predicted molar refractivity (Wildman–Crippen MR) is 147 cm³/mol. The summed E-state index contributed by atoms with van der Waals surface area (Å²) in [7, 11) is 2.21. The molecule has 6 heterocycles. The highest BCUT2D eigenvalue weighted by molar-refractivity contribution is 5.96. The molecule has 2 saturated heterocycles. The monoisotopic (exact) mass is 515 g/mol. The SMILES string of the molecule is CCCN1C(=O)COc2ccc(Nc3nc(Nc4cnc(N5CC6CC5CN6C)c(C)c4)ncc3C)nc21. The van der Waals surface area contributed by atoms with Crippen molar-refractivity contribution in [2.24, 2.45) is 0 Å². The molecule has 0 aromatic carbocycles. The second-order valence-corrected chi connectivity index (χ2v) is 10.3. The van der Waals surface area contributed by atoms with Gasteiger partial charge in [0.25, 0.3) is 5.91 Å². The third-order valence-electron chi connectivity index (χ3n) is 7.51. The summed E-state index contributed by atoms with van der Waals surface area (Å²) in [5, 5.41) is 6.57. The van der Waals surface area contributed by atoms with E-state index in [4.69, 9.17) is 9.72 Å². The number of carbonyl (C=O) groups excluding carboxylic acids is 1. The van der Waals surface area contributed by atoms with Crippen molar-refractivity contribution in [2.75, 3.05) is 53.7 Å². The van der Waals surface area contributed by atoms with Crippen molar-refractivity contribution < 1.29 is 9.53 Å². The molecule has 2 unspecified atom stereocenters. The van der Waals surface area contributed by atoms with Crippen molar-refractivity contribution in [2.45, 2.75) is 45.7 Å². The number of likely N-dealkylation sites (N-methyl/N-ethyl adjacent to an activating group) is 1. The van der Waals surface area contributed by atoms with Crippen molar-refractivity contribution in [1.82, 2.24) is 24.8 Å². The molecule has 3 aliphatic heterocycles. The first-order chi connectivity index (χ1) is 18.4. The second-order valence-electron chi connectivity index (χ2n) is 10.3. The Bertz CT molecular complexity index is 1380. The number of nitrogens with one attached hydrogen (secondary N) is 2. The molecule has 2 N–H and O–H groups in total. The van der Waals surface area contributed by atoms with E-state index in [2.05, 4.69) is 55.4 Å². The smallest absolute Gasteiger partial charge is 0.266 e. The van der Waals surface area contributed by atoms with Gasteiger partial charge in [0, 0.05) is 43.5 Å². The molecule has 38 heavy (non-hydrogen) atoms. The maximum Gasteiger partial charge on any atom is 0.266 e. The van der Waals surface area contributed by atoms with E-state index < -0.39 is 0 Å². The van der Waals surface area contributed by atoms with Crippen LogP contribution in [0.4, 0.5) is 34.9 Å². The highest BCUT2D eigenvalue weighted by atomic mass is 16.5. The molecule has 11 nitrogen and oxygen atoms in total. The summed E-state index contributed by atoms with van der Waals surface area (Å²) < 4.78 is 5.57. The highest BCUT2D eigenvalue weighted by Crippen LogP contribution is 2.35. The minimum Gasteiger partial charge on any atom is -0.480 e. The summed E-state index contributed by atoms with van der Waals surface area (Å²) in [5.41, 5.74) is 2.83. The molecule has 1 amide bonds. The topological polar surface area (TPSA) is 112 Å². The van der Waals surface area contributed by atoms with Gasteiger partial charge < -0.3 is 20.3 Å². The molecule has 0 spiro atoms. The summed E-state index contributed by atoms with van der Waals surface area (Å²) >= 11 is 0. The van der Waals surface area contributed by atoms with Crippen LogP contribution in [0.25, 0.3) is 0 Å². The average Bonchev–Trinajstić information content (AvgIpc) is 3.48. The number of likely N-dealkylation sites (tertiary alicyclic amines) is 1. The van der Waals surface area contributed by atoms with Gasteiger partial charge in [0.2, 0.25) is 5.95 Å². The normalized spacial score (nSPS) is 20.5. The van der Waals surface area contributed by atoms with Crippen molar-refractivity contribution in [3.8, 4) is 5.75 Å². The molecule has 6 rings (SSSR count). The van der Waals surface area contributed by atoms with Crippen LogP contribution in [0.15, 0.2) is 30.6 Å². The van der Waals surface area contributed by atoms with Gasteiger partial charge in [-0.25, -0.2) is 15.0 Å². The zero-order valence-corrected chi connectivity index (χ0v) is 22.2. The standard InChI is InChI=1S/C27H33N9O2/c1-5-8-35-23(37)15-38-21-6-7-22(32-26(21)35)31-24-17(3)11-29-27(33-24)30-18-9-16(2)25(28-12-18)36-14-19-10-20(36)13-34(19)4/h6-7,9,11-12,19-20H,5,8,10,13-15H2,1-4H3,(H2,29,30,31,32,33). The third-order valence-corrected chi connectivity index (χ3v) is 7.51. The Morgan fingerprint density at radius 1 is 1.03 bits per heavy atom. The van der Waals surface area contributed by atoms with Crippen LogP contribution in [-0.4, -0.2) is 76.1 Å². The number of carbonyl (C=O) groups is 1. The van der Waals surface area contributed by atoms with E-state index in [1.54, 1.807) is 11.1 Å². The van der Waals surface area contributed by atoms with Gasteiger partial charge in [-0.2, -0.15) is 4.98 Å². The van der Waals surface area contributed by atoms with Crippen LogP contribution >= 0.6 is 0 Å². The minimum atomic E-state index is -0.0896. The van der Waals surface area contributed by atoms with Gasteiger partial charge in [-0.3, -0.25) is 14.6 Å². The van der Waals surface area contributed by atoms with Gasteiger partial charge in [0.1, 0.15) is 17.5 Å². The Hall–Kier alpha value is -3.99. The highest BCUT2D eigenvalue weighted by Gasteiger charge is 2.42. The van der Waals surface area contributed by atoms with Crippen LogP contribution in [0.1, 0.15) is 30.9 Å². The minimum absolute atomic E-state index is 0.0350. The molecule has 0 aliphatic carbocycles. The van der Waals surface area contributed by atoms with Gasteiger partial charge in [-0.1, -0.05) is 6.92 Å². The number of piperazine rings is 1. The molecule has 3 aromatic heterocycles. The fourth-order valence-electron chi connectivity index (χ4n) is 5.54. The Balaban J connectivity index is 1.19. The van der Waals surface area contributed by atoms with Crippen LogP contribution in [0, 0.1) is 13.8 Å². The maximum atomic E-state index is 12.4. The Morgan fingerprint density at radius 2 is 1.89 bits per heavy atom. The average molecular weight is 516 g/mol. The lowest BCUT2D eigenvalue weighted by molar-refractivity contribution is -0.121. The zero-order chi connectivity index (χ0) is 26.4. The maximum absolute atomic E-state index is 12.4. The predicted octanol–water partition coefficient (Wildman–Crippen LogP) is 3.40. The van der Waals surface area contributed by atoms with Crippen molar-refractivity contribution in [1.29, 1.82) is 0 Å². The summed E-state index contributed by atoms with van der Waals surface area (Å²) in [6.07, 6.45) is 5.65. The first kappa shape index (κ1) is 24.4. The van der Waals surface area contributed by atoms with Gasteiger partial charge >= 0.3 is 0 Å². The first-order valence-corrected chi connectivity index (χ1v) is 13.1. The van der Waals surface area contributed by atoms with Crippen LogP contribution in [0.3, 0.4) is 0 Å². The number of aromatic nitrogens is 4. The summed E-state index contributed by atoms with van der Waals surface area (Å²) in [6, 6.07) is 6.91. The first-order valence-electron chi connectivity index (χ1n) is 13.1. The lowest BCUT2D eigenvalue weighted by atomic mass is 10.2. The van der Waals surface area contributed by atoms with Gasteiger partial charge in [-0.15, -0.1) is 0 Å². The van der Waals surface area contributed by atoms with Crippen LogP contribution in [0.5, 0.6) is 5.75 Å². The van der Waals surface area contributed by atoms with E-state index in [-0.39, 0.29) is 12.5 Å². The number of anilines is 6. The fraction of sp³-hybridized carbons (Fsp3) is 0.444. The number of nitrogens with zero attached hydrogens (tertiary/aromatic N) is 7. The molecular weight excluding hydrogens is 482 g/mol. The molecule has 0 radical (unpaired) electrons. The van der Waals surface area contributed by atoms with E-state index >= 15 is 0 Å². The van der Waals surface area contributed by atoms with E-state index in [0.717, 1.165) is 42.1 Å². The second kappa shape index (κ2) is 9.71. The van der Waals surface area contributed by atoms with Gasteiger partial charge in [0.15, 0.2) is 18.2 Å². The number of hydrogen-bond donors (Lipinski definition) is 2. The number of aryl methyl sites for hydroxylation is 2. The lowest BCUT2D eigenvalue weighted by Gasteiger charge is -2.33. The largest absolute Gasteiger partial charge is 0.480 e. The Labute approximate surface area is 222 Å². The molecule has 3 aromatic rings. The van der Waals surface area contributed by atoms with Crippen molar-refractivity contribution in [3.05, 3.63) is 41.7 Å². The number of fused-ring (bicyclic) bond motifs is 3. The lowest BCUT2D eigenvalue weighted by Crippen LogP contribution is -2.45. The Morgan fingerprint density at radius 3 is 2.63 bits per heavy atom. The van der Waals surface area contributed by atoms with E-state index in [9.17, 15) is 4.79 Å². The molecule has 2 atom stereocenters. The van der Waals surface area contributed by atoms with E-state index in [0.29, 0.717) is 47.8 Å². The van der Waals surface area contributed by atoms with Crippen LogP contribution < -0.4 is 25.2 Å². The van der Waals surface area contributed by atoms with Gasteiger partial charge in [0.05, 0.1) is 11.9 Å². The van der Waals surface area contributed by atoms with E-state index in [1.165, 1.54) is 6.42 Å². The fourth-order valence-corrected chi connectivity index (χ4v) is 5.54. The quantitative estimate of drug-likeness (QED) is 0.486. The molecule has 2 bridgehead atoms. The summed E-state index contributed by atoms with van der Waals surface area (Å²) in [6.45, 7) is 8.82. The number of rotatable bonds is 7. The summed E-state index contributed by atoms with van der Waals surface area (Å²) in [4.78, 5) is 37.5. The molecule has 3 aliphatic rings. The van der Waals surface area contributed by atoms with E-state index in [1.807, 2.05) is 32.2 Å². The third kappa shape index (κ3) is 4.47. The number of pyridine rings is 2. The zero-order valence-electron chi connectivity index (χ0n) is 22.2. The molecular formula is C27H33N9O2. The van der Waals surface area contributed by atoms with Crippen molar-refractivity contribution >= 4 is 40.8 Å². The van der Waals surface area contributed by atoms with Crippen LogP contribution in [-0.2, 0) is 4.79 Å². The summed E-state index contributed by atoms with van der Waals surface area (Å²) in [5.74, 6) is 3.75. The number of amides is 1. The van der Waals surface area contributed by atoms with Gasteiger partial charge in [-0.05, 0) is 57.5 Å².